The first-order valence-corrected chi connectivity index (χ1v) is 12.7. The van der Waals surface area contributed by atoms with Crippen molar-refractivity contribution < 1.29 is 14.7 Å². The lowest BCUT2D eigenvalue weighted by Crippen LogP contribution is -2.61. The second kappa shape index (κ2) is 10.1. The van der Waals surface area contributed by atoms with E-state index in [0.29, 0.717) is 24.3 Å². The summed E-state index contributed by atoms with van der Waals surface area (Å²) in [6.07, 6.45) is 5.52. The van der Waals surface area contributed by atoms with Crippen LogP contribution in [0.2, 0.25) is 0 Å². The fraction of sp³-hybridized carbons (Fsp3) is 0.909. The highest BCUT2D eigenvalue weighted by molar-refractivity contribution is 8.00. The molecular weight excluding hydrogens is 400 g/mol. The first-order valence-electron chi connectivity index (χ1n) is 11.7. The van der Waals surface area contributed by atoms with Crippen molar-refractivity contribution in [3.63, 3.8) is 0 Å². The van der Waals surface area contributed by atoms with Gasteiger partial charge in [0.25, 0.3) is 0 Å². The molecule has 0 spiro atoms. The van der Waals surface area contributed by atoms with E-state index in [-0.39, 0.29) is 30.1 Å². The van der Waals surface area contributed by atoms with Crippen LogP contribution in [0.4, 0.5) is 4.79 Å². The summed E-state index contributed by atoms with van der Waals surface area (Å²) in [5.41, 5.74) is -0.719. The lowest BCUT2D eigenvalue weighted by Gasteiger charge is -2.47. The molecule has 8 heteroatoms. The van der Waals surface area contributed by atoms with Crippen molar-refractivity contribution in [3.8, 4) is 0 Å². The number of urea groups is 1. The number of nitrogens with zero attached hydrogens (tertiary/aromatic N) is 2. The van der Waals surface area contributed by atoms with Crippen LogP contribution in [0.3, 0.4) is 0 Å². The molecular formula is C22H40N4O3S. The van der Waals surface area contributed by atoms with Gasteiger partial charge in [0.15, 0.2) is 0 Å². The number of hydrogen-bond acceptors (Lipinski definition) is 5. The van der Waals surface area contributed by atoms with Crippen molar-refractivity contribution in [1.82, 2.24) is 20.4 Å². The van der Waals surface area contributed by atoms with Gasteiger partial charge in [-0.3, -0.25) is 9.69 Å². The van der Waals surface area contributed by atoms with Crippen LogP contribution in [-0.2, 0) is 4.79 Å². The lowest BCUT2D eigenvalue weighted by molar-refractivity contribution is -0.139. The Kier molecular flexibility index (Phi) is 7.96. The molecule has 3 fully saturated rings. The van der Waals surface area contributed by atoms with Gasteiger partial charge in [0.2, 0.25) is 5.91 Å². The summed E-state index contributed by atoms with van der Waals surface area (Å²) in [6, 6.07) is 1.02. The van der Waals surface area contributed by atoms with Crippen LogP contribution in [0.5, 0.6) is 0 Å². The van der Waals surface area contributed by atoms with Crippen molar-refractivity contribution in [2.45, 2.75) is 101 Å². The van der Waals surface area contributed by atoms with Crippen LogP contribution < -0.4 is 10.6 Å². The zero-order chi connectivity index (χ0) is 21.9. The van der Waals surface area contributed by atoms with Crippen LogP contribution in [0, 0.1) is 0 Å². The second-order valence-corrected chi connectivity index (χ2v) is 11.1. The maximum Gasteiger partial charge on any atom is 0.315 e. The van der Waals surface area contributed by atoms with Gasteiger partial charge in [0.05, 0.1) is 17.7 Å². The summed E-state index contributed by atoms with van der Waals surface area (Å²) in [5.74, 6) is 1.26. The van der Waals surface area contributed by atoms with E-state index in [0.717, 1.165) is 50.9 Å². The van der Waals surface area contributed by atoms with Crippen LogP contribution in [0.15, 0.2) is 0 Å². The molecule has 3 aliphatic heterocycles. The number of carbonyl (C=O) groups excluding carboxylic acids is 2. The molecule has 0 aliphatic carbocycles. The largest absolute Gasteiger partial charge is 0.389 e. The number of thioether (sulfide) groups is 1. The van der Waals surface area contributed by atoms with E-state index in [1.54, 1.807) is 0 Å². The van der Waals surface area contributed by atoms with Crippen molar-refractivity contribution in [3.05, 3.63) is 0 Å². The molecule has 30 heavy (non-hydrogen) atoms. The minimum atomic E-state index is -0.719. The van der Waals surface area contributed by atoms with E-state index in [1.165, 1.54) is 0 Å². The third-order valence-corrected chi connectivity index (χ3v) is 8.24. The Labute approximate surface area is 185 Å². The van der Waals surface area contributed by atoms with E-state index in [2.05, 4.69) is 34.3 Å². The smallest absolute Gasteiger partial charge is 0.315 e. The molecule has 3 amide bonds. The summed E-state index contributed by atoms with van der Waals surface area (Å²) >= 11 is 1.94. The first kappa shape index (κ1) is 23.7. The van der Waals surface area contributed by atoms with Crippen LogP contribution >= 0.6 is 11.8 Å². The van der Waals surface area contributed by atoms with E-state index in [1.807, 2.05) is 25.6 Å². The predicted octanol–water partition coefficient (Wildman–Crippen LogP) is 2.18. The van der Waals surface area contributed by atoms with Gasteiger partial charge in [-0.1, -0.05) is 20.3 Å². The Morgan fingerprint density at radius 2 is 1.90 bits per heavy atom. The van der Waals surface area contributed by atoms with Crippen molar-refractivity contribution in [2.75, 3.05) is 25.4 Å². The molecule has 0 radical (unpaired) electrons. The highest BCUT2D eigenvalue weighted by atomic mass is 32.2. The third kappa shape index (κ3) is 5.82. The summed E-state index contributed by atoms with van der Waals surface area (Å²) < 4.78 is 0. The summed E-state index contributed by atoms with van der Waals surface area (Å²) in [5, 5.41) is 16.8. The molecule has 3 rings (SSSR count). The topological polar surface area (TPSA) is 84.9 Å². The fourth-order valence-electron chi connectivity index (χ4n) is 5.15. The van der Waals surface area contributed by atoms with E-state index in [9.17, 15) is 14.7 Å². The second-order valence-electron chi connectivity index (χ2n) is 9.78. The Bertz CT molecular complexity index is 612. The van der Waals surface area contributed by atoms with E-state index < -0.39 is 5.60 Å². The third-order valence-electron chi connectivity index (χ3n) is 6.73. The molecule has 3 heterocycles. The average molecular weight is 441 g/mol. The van der Waals surface area contributed by atoms with Crippen molar-refractivity contribution in [2.24, 2.45) is 0 Å². The van der Waals surface area contributed by atoms with Crippen LogP contribution in [-0.4, -0.2) is 87.3 Å². The van der Waals surface area contributed by atoms with E-state index in [4.69, 9.17) is 0 Å². The highest BCUT2D eigenvalue weighted by Crippen LogP contribution is 2.33. The monoisotopic (exact) mass is 440 g/mol. The number of carbonyl (C=O) groups is 2. The molecule has 5 atom stereocenters. The number of β-amino-alcohol motifs (C(OH)–C–C–N with tert-alkyl or cyclic N) is 1. The van der Waals surface area contributed by atoms with Gasteiger partial charge in [-0.05, 0) is 39.5 Å². The number of piperazine rings is 1. The zero-order valence-electron chi connectivity index (χ0n) is 19.0. The van der Waals surface area contributed by atoms with Crippen molar-refractivity contribution in [1.29, 1.82) is 0 Å². The Hall–Kier alpha value is -0.990. The Morgan fingerprint density at radius 3 is 2.57 bits per heavy atom. The molecule has 3 saturated heterocycles. The number of unbranched alkanes of at least 4 members (excludes halogenated alkanes) is 1. The number of rotatable bonds is 9. The summed E-state index contributed by atoms with van der Waals surface area (Å²) in [6.45, 7) is 10.3. The highest BCUT2D eigenvalue weighted by Gasteiger charge is 2.42. The molecule has 0 saturated carbocycles. The summed E-state index contributed by atoms with van der Waals surface area (Å²) in [7, 11) is 0. The quantitative estimate of drug-likeness (QED) is 0.378. The van der Waals surface area contributed by atoms with Gasteiger partial charge in [-0.25, -0.2) is 4.79 Å². The van der Waals surface area contributed by atoms with Gasteiger partial charge in [0.1, 0.15) is 0 Å². The Morgan fingerprint density at radius 1 is 1.17 bits per heavy atom. The van der Waals surface area contributed by atoms with Gasteiger partial charge < -0.3 is 20.6 Å². The van der Waals surface area contributed by atoms with Crippen LogP contribution in [0.1, 0.15) is 66.2 Å². The molecule has 172 valence electrons. The maximum atomic E-state index is 13.0. The number of amides is 3. The molecule has 0 aromatic rings. The number of aliphatic hydroxyl groups is 1. The SMILES string of the molecule is CC[C@@H]1CN(C(=O)CCCC[C@@H]2SC[C@@H]3NC(=O)N[C@@H]32)[C@H](CC)CN1CC(C)(C)O. The van der Waals surface area contributed by atoms with Gasteiger partial charge in [-0.15, -0.1) is 0 Å². The first-order chi connectivity index (χ1) is 14.2. The maximum absolute atomic E-state index is 13.0. The standard InChI is InChI=1S/C22H40N4O3S/c1-5-15-12-26(16(6-2)11-25(15)14-22(3,4)29)19(27)10-8-7-9-18-20-17(13-30-18)23-21(28)24-20/h15-18,20,29H,5-14H2,1-4H3,(H2,23,24,28)/t15-,16-,17+,18+,20+/m1/s1. The van der Waals surface area contributed by atoms with Gasteiger partial charge in [0, 0.05) is 49.1 Å². The minimum Gasteiger partial charge on any atom is -0.389 e. The lowest BCUT2D eigenvalue weighted by atomic mass is 9.98. The Balaban J connectivity index is 1.45. The number of nitrogens with one attached hydrogen (secondary N) is 2. The minimum absolute atomic E-state index is 0.0368. The number of fused-ring (bicyclic) bond motifs is 1. The molecule has 0 aromatic carbocycles. The van der Waals surface area contributed by atoms with Gasteiger partial charge >= 0.3 is 6.03 Å². The molecule has 3 N–H and O–H groups in total. The van der Waals surface area contributed by atoms with Gasteiger partial charge in [-0.2, -0.15) is 11.8 Å². The van der Waals surface area contributed by atoms with E-state index >= 15 is 0 Å². The molecule has 7 nitrogen and oxygen atoms in total. The molecule has 3 aliphatic rings. The van der Waals surface area contributed by atoms with Crippen molar-refractivity contribution >= 4 is 23.7 Å². The predicted molar refractivity (Wildman–Crippen MR) is 122 cm³/mol. The fourth-order valence-corrected chi connectivity index (χ4v) is 6.69. The molecule has 0 bridgehead atoms. The molecule has 0 unspecified atom stereocenters. The molecule has 0 aromatic heterocycles. The van der Waals surface area contributed by atoms with Crippen LogP contribution in [0.25, 0.3) is 0 Å². The zero-order valence-corrected chi connectivity index (χ0v) is 19.8. The summed E-state index contributed by atoms with van der Waals surface area (Å²) in [4.78, 5) is 29.0. The number of hydrogen-bond donors (Lipinski definition) is 3. The normalized spacial score (nSPS) is 32.1. The average Bonchev–Trinajstić information content (AvgIpc) is 3.22.